The molecule has 1 aromatic rings. The zero-order valence-corrected chi connectivity index (χ0v) is 20.8. The van der Waals surface area contributed by atoms with E-state index in [1.807, 2.05) is 0 Å². The van der Waals surface area contributed by atoms with Gasteiger partial charge < -0.3 is 0 Å². The molecule has 0 radical (unpaired) electrons. The predicted octanol–water partition coefficient (Wildman–Crippen LogP) is 7.93. The average Bonchev–Trinajstić information content (AvgIpc) is 3.27. The van der Waals surface area contributed by atoms with E-state index < -0.39 is 7.26 Å². The first-order valence-electron chi connectivity index (χ1n) is 12.3. The molecule has 160 valence electrons. The van der Waals surface area contributed by atoms with Gasteiger partial charge in [0.25, 0.3) is 0 Å². The molecule has 2 saturated carbocycles. The third kappa shape index (κ3) is 4.75. The third-order valence-electron chi connectivity index (χ3n) is 8.15. The fourth-order valence-electron chi connectivity index (χ4n) is 6.47. The molecule has 0 N–H and O–H groups in total. The van der Waals surface area contributed by atoms with Gasteiger partial charge in [-0.15, -0.1) is 0 Å². The Kier molecular flexibility index (Phi) is 7.35. The molecule has 3 aliphatic rings. The molecule has 0 nitrogen and oxygen atoms in total. The molecular formula is C27H42P2. The van der Waals surface area contributed by atoms with E-state index in [-0.39, 0.29) is 7.92 Å². The first-order chi connectivity index (χ1) is 14.1. The van der Waals surface area contributed by atoms with Crippen LogP contribution >= 0.6 is 15.2 Å². The quantitative estimate of drug-likeness (QED) is 0.404. The van der Waals surface area contributed by atoms with E-state index in [2.05, 4.69) is 68.8 Å². The van der Waals surface area contributed by atoms with Gasteiger partial charge in [-0.3, -0.25) is 0 Å². The van der Waals surface area contributed by atoms with Crippen molar-refractivity contribution in [3.63, 3.8) is 0 Å². The fourth-order valence-corrected chi connectivity index (χ4v) is 14.1. The van der Waals surface area contributed by atoms with Gasteiger partial charge in [0.1, 0.15) is 0 Å². The molecule has 4 rings (SSSR count). The van der Waals surface area contributed by atoms with E-state index in [1.54, 1.807) is 10.6 Å². The van der Waals surface area contributed by atoms with E-state index in [4.69, 9.17) is 0 Å². The van der Waals surface area contributed by atoms with Crippen LogP contribution in [0.4, 0.5) is 0 Å². The molecule has 0 spiro atoms. The summed E-state index contributed by atoms with van der Waals surface area (Å²) in [5.74, 6) is 0.701. The van der Waals surface area contributed by atoms with E-state index >= 15 is 0 Å². The number of hydrogen-bond donors (Lipinski definition) is 0. The van der Waals surface area contributed by atoms with Crippen molar-refractivity contribution in [1.29, 1.82) is 0 Å². The van der Waals surface area contributed by atoms with E-state index in [9.17, 15) is 0 Å². The standard InChI is InChI=1S/C27H42P2/c1-22(28(23-14-7-4-8-15-23)24-16-9-5-10-17-24)26-20-13-21-27(26)29(2,3)25-18-11-6-12-19-25/h6,11-13,18-24,26,29H,4-5,7-10,14-17H2,1-3H3/t22-,26+/m1/s1. The van der Waals surface area contributed by atoms with Crippen LogP contribution in [0.1, 0.15) is 71.1 Å². The second kappa shape index (κ2) is 9.79. The summed E-state index contributed by atoms with van der Waals surface area (Å²) in [5.41, 5.74) is 2.96. The minimum absolute atomic E-state index is 0.118. The van der Waals surface area contributed by atoms with Crippen LogP contribution in [0.2, 0.25) is 0 Å². The van der Waals surface area contributed by atoms with Crippen LogP contribution in [0.15, 0.2) is 53.9 Å². The van der Waals surface area contributed by atoms with Crippen molar-refractivity contribution in [3.05, 3.63) is 53.9 Å². The molecule has 0 aliphatic heterocycles. The van der Waals surface area contributed by atoms with Gasteiger partial charge in [0.2, 0.25) is 0 Å². The van der Waals surface area contributed by atoms with Crippen LogP contribution in [-0.2, 0) is 0 Å². The summed E-state index contributed by atoms with van der Waals surface area (Å²) in [6.45, 7) is 7.84. The molecule has 1 aromatic carbocycles. The normalized spacial score (nSPS) is 25.9. The van der Waals surface area contributed by atoms with Crippen LogP contribution in [-0.4, -0.2) is 30.3 Å². The molecule has 0 unspecified atom stereocenters. The maximum absolute atomic E-state index is 2.67. The van der Waals surface area contributed by atoms with Gasteiger partial charge in [-0.1, -0.05) is 0 Å². The van der Waals surface area contributed by atoms with Crippen molar-refractivity contribution in [2.45, 2.75) is 88.1 Å². The monoisotopic (exact) mass is 428 g/mol. The molecule has 2 fully saturated rings. The second-order valence-electron chi connectivity index (χ2n) is 10.3. The molecule has 3 aliphatic carbocycles. The van der Waals surface area contributed by atoms with Crippen LogP contribution in [0.25, 0.3) is 0 Å². The molecule has 0 saturated heterocycles. The summed E-state index contributed by atoms with van der Waals surface area (Å²) >= 11 is 0. The summed E-state index contributed by atoms with van der Waals surface area (Å²) < 4.78 is 0. The maximum atomic E-state index is 2.67. The Morgan fingerprint density at radius 2 is 1.38 bits per heavy atom. The van der Waals surface area contributed by atoms with Gasteiger partial charge >= 0.3 is 182 Å². The summed E-state index contributed by atoms with van der Waals surface area (Å²) in [5, 5.41) is 3.40. The van der Waals surface area contributed by atoms with Crippen molar-refractivity contribution in [2.24, 2.45) is 5.92 Å². The molecule has 0 bridgehead atoms. The van der Waals surface area contributed by atoms with Crippen molar-refractivity contribution in [1.82, 2.24) is 0 Å². The van der Waals surface area contributed by atoms with Gasteiger partial charge in [-0.05, 0) is 0 Å². The van der Waals surface area contributed by atoms with Crippen LogP contribution in [0.5, 0.6) is 0 Å². The molecule has 29 heavy (non-hydrogen) atoms. The minimum atomic E-state index is -1.61. The first kappa shape index (κ1) is 21.8. The molecule has 0 aromatic heterocycles. The van der Waals surface area contributed by atoms with Gasteiger partial charge in [-0.25, -0.2) is 0 Å². The Morgan fingerprint density at radius 1 is 0.828 bits per heavy atom. The Labute approximate surface area is 181 Å². The molecular weight excluding hydrogens is 386 g/mol. The Hall–Kier alpha value is -0.440. The number of benzene rings is 1. The summed E-state index contributed by atoms with van der Waals surface area (Å²) in [7, 11) is -1.49. The van der Waals surface area contributed by atoms with Gasteiger partial charge in [0.15, 0.2) is 0 Å². The predicted molar refractivity (Wildman–Crippen MR) is 137 cm³/mol. The molecule has 0 heterocycles. The van der Waals surface area contributed by atoms with Crippen LogP contribution < -0.4 is 5.30 Å². The van der Waals surface area contributed by atoms with Gasteiger partial charge in [0.05, 0.1) is 0 Å². The second-order valence-corrected chi connectivity index (χ2v) is 17.9. The van der Waals surface area contributed by atoms with Crippen molar-refractivity contribution >= 4 is 20.5 Å². The Morgan fingerprint density at radius 3 is 1.93 bits per heavy atom. The summed E-state index contributed by atoms with van der Waals surface area (Å²) in [6.07, 6.45) is 22.6. The summed E-state index contributed by atoms with van der Waals surface area (Å²) in [4.78, 5) is 0. The van der Waals surface area contributed by atoms with Gasteiger partial charge in [-0.2, -0.15) is 0 Å². The zero-order chi connectivity index (χ0) is 20.3. The van der Waals surface area contributed by atoms with Crippen molar-refractivity contribution in [2.75, 3.05) is 13.3 Å². The molecule has 0 amide bonds. The van der Waals surface area contributed by atoms with Crippen LogP contribution in [0, 0.1) is 5.92 Å². The molecule has 2 heteroatoms. The first-order valence-corrected chi connectivity index (χ1v) is 16.9. The summed E-state index contributed by atoms with van der Waals surface area (Å²) in [6, 6.07) is 11.4. The van der Waals surface area contributed by atoms with Crippen molar-refractivity contribution < 1.29 is 0 Å². The zero-order valence-electron chi connectivity index (χ0n) is 18.9. The SMILES string of the molecule is C[C@H]([C@@H]1C=CC=C1[PH](C)(C)c1ccccc1)P(C1CCCCC1)C1CCCCC1. The fraction of sp³-hybridized carbons (Fsp3) is 0.630. The topological polar surface area (TPSA) is 0 Å². The average molecular weight is 429 g/mol. The van der Waals surface area contributed by atoms with E-state index in [0.717, 1.165) is 17.0 Å². The van der Waals surface area contributed by atoms with Crippen molar-refractivity contribution in [3.8, 4) is 0 Å². The van der Waals surface area contributed by atoms with E-state index in [1.165, 1.54) is 64.2 Å². The van der Waals surface area contributed by atoms with E-state index in [0.29, 0.717) is 5.92 Å². The van der Waals surface area contributed by atoms with Crippen LogP contribution in [0.3, 0.4) is 0 Å². The molecule has 2 atom stereocenters. The third-order valence-corrected chi connectivity index (χ3v) is 15.9. The number of hydrogen-bond acceptors (Lipinski definition) is 0. The Bertz CT molecular complexity index is 687. The number of allylic oxidation sites excluding steroid dienone is 4. The Balaban J connectivity index is 1.60. The van der Waals surface area contributed by atoms with Gasteiger partial charge in [0, 0.05) is 0 Å². The number of rotatable bonds is 6.